The van der Waals surface area contributed by atoms with Crippen LogP contribution in [-0.4, -0.2) is 19.1 Å². The number of carbonyl (C=O) groups excluding carboxylic acids is 1. The Morgan fingerprint density at radius 2 is 1.87 bits per heavy atom. The molecule has 2 aromatic rings. The first-order chi connectivity index (χ1) is 11.1. The van der Waals surface area contributed by atoms with E-state index in [9.17, 15) is 4.79 Å². The molecule has 1 amide bonds. The number of aryl methyl sites for hydroxylation is 1. The third-order valence-electron chi connectivity index (χ3n) is 3.55. The lowest BCUT2D eigenvalue weighted by Crippen LogP contribution is -2.37. The quantitative estimate of drug-likeness (QED) is 0.851. The number of rotatable bonds is 7. The van der Waals surface area contributed by atoms with Gasteiger partial charge in [0.25, 0.3) is 5.91 Å². The molecule has 0 radical (unpaired) electrons. The average molecular weight is 313 g/mol. The maximum atomic E-state index is 12.4. The normalized spacial score (nSPS) is 11.6. The van der Waals surface area contributed by atoms with Crippen molar-refractivity contribution in [2.75, 3.05) is 7.11 Å². The molecule has 0 spiro atoms. The molecule has 1 N–H and O–H groups in total. The maximum Gasteiger partial charge on any atom is 0.261 e. The van der Waals surface area contributed by atoms with Crippen LogP contribution in [0.5, 0.6) is 11.5 Å². The van der Waals surface area contributed by atoms with Gasteiger partial charge in [-0.1, -0.05) is 48.9 Å². The molecule has 2 aromatic carbocycles. The Labute approximate surface area is 137 Å². The standard InChI is InChI=1S/C19H23NO3/c1-4-16(23-18-11-6-5-10-17(18)22-3)19(21)20-13-15-9-7-8-14(2)12-15/h5-12,16H,4,13H2,1-3H3,(H,20,21). The summed E-state index contributed by atoms with van der Waals surface area (Å²) in [6.07, 6.45) is 0.0358. The van der Waals surface area contributed by atoms with E-state index in [-0.39, 0.29) is 5.91 Å². The summed E-state index contributed by atoms with van der Waals surface area (Å²) in [6, 6.07) is 15.4. The van der Waals surface area contributed by atoms with Crippen LogP contribution in [0.15, 0.2) is 48.5 Å². The molecule has 23 heavy (non-hydrogen) atoms. The Hall–Kier alpha value is -2.49. The highest BCUT2D eigenvalue weighted by molar-refractivity contribution is 5.81. The predicted octanol–water partition coefficient (Wildman–Crippen LogP) is 3.48. The average Bonchev–Trinajstić information content (AvgIpc) is 2.58. The second-order valence-corrected chi connectivity index (χ2v) is 5.37. The minimum Gasteiger partial charge on any atom is -0.493 e. The minimum absolute atomic E-state index is 0.125. The van der Waals surface area contributed by atoms with Gasteiger partial charge < -0.3 is 14.8 Å². The van der Waals surface area contributed by atoms with Gasteiger partial charge in [0.1, 0.15) is 0 Å². The van der Waals surface area contributed by atoms with E-state index < -0.39 is 6.10 Å². The Morgan fingerprint density at radius 3 is 2.52 bits per heavy atom. The molecule has 0 bridgehead atoms. The fourth-order valence-corrected chi connectivity index (χ4v) is 2.32. The van der Waals surface area contributed by atoms with Crippen molar-refractivity contribution in [2.45, 2.75) is 32.9 Å². The van der Waals surface area contributed by atoms with E-state index in [0.717, 1.165) is 5.56 Å². The van der Waals surface area contributed by atoms with Gasteiger partial charge in [0.2, 0.25) is 0 Å². The number of hydrogen-bond donors (Lipinski definition) is 1. The van der Waals surface area contributed by atoms with Gasteiger partial charge in [-0.2, -0.15) is 0 Å². The van der Waals surface area contributed by atoms with Gasteiger partial charge in [-0.3, -0.25) is 4.79 Å². The van der Waals surface area contributed by atoms with Crippen molar-refractivity contribution in [3.05, 3.63) is 59.7 Å². The molecule has 0 aromatic heterocycles. The van der Waals surface area contributed by atoms with Crippen molar-refractivity contribution in [2.24, 2.45) is 0 Å². The van der Waals surface area contributed by atoms with Crippen molar-refractivity contribution in [1.82, 2.24) is 5.32 Å². The largest absolute Gasteiger partial charge is 0.493 e. The lowest BCUT2D eigenvalue weighted by Gasteiger charge is -2.19. The smallest absolute Gasteiger partial charge is 0.261 e. The summed E-state index contributed by atoms with van der Waals surface area (Å²) in [5.41, 5.74) is 2.25. The highest BCUT2D eigenvalue weighted by atomic mass is 16.5. The highest BCUT2D eigenvalue weighted by Gasteiger charge is 2.19. The van der Waals surface area contributed by atoms with Gasteiger partial charge in [-0.05, 0) is 31.0 Å². The second kappa shape index (κ2) is 8.22. The Bertz CT molecular complexity index is 655. The van der Waals surface area contributed by atoms with Crippen molar-refractivity contribution in [3.8, 4) is 11.5 Å². The van der Waals surface area contributed by atoms with E-state index in [1.54, 1.807) is 13.2 Å². The Morgan fingerprint density at radius 1 is 1.13 bits per heavy atom. The molecule has 4 heteroatoms. The minimum atomic E-state index is -0.545. The lowest BCUT2D eigenvalue weighted by atomic mass is 10.1. The first kappa shape index (κ1) is 16.9. The summed E-state index contributed by atoms with van der Waals surface area (Å²) in [5, 5.41) is 2.93. The molecule has 0 saturated heterocycles. The SMILES string of the molecule is CCC(Oc1ccccc1OC)C(=O)NCc1cccc(C)c1. The van der Waals surface area contributed by atoms with Crippen molar-refractivity contribution in [3.63, 3.8) is 0 Å². The summed E-state index contributed by atoms with van der Waals surface area (Å²) in [7, 11) is 1.58. The van der Waals surface area contributed by atoms with Gasteiger partial charge in [0, 0.05) is 6.54 Å². The summed E-state index contributed by atoms with van der Waals surface area (Å²) < 4.78 is 11.1. The van der Waals surface area contributed by atoms with E-state index in [1.165, 1.54) is 5.56 Å². The monoisotopic (exact) mass is 313 g/mol. The van der Waals surface area contributed by atoms with Gasteiger partial charge in [0.15, 0.2) is 17.6 Å². The Balaban J connectivity index is 1.98. The molecule has 1 atom stereocenters. The molecule has 0 heterocycles. The highest BCUT2D eigenvalue weighted by Crippen LogP contribution is 2.27. The summed E-state index contributed by atoms with van der Waals surface area (Å²) in [4.78, 5) is 12.4. The van der Waals surface area contributed by atoms with E-state index >= 15 is 0 Å². The van der Waals surface area contributed by atoms with Crippen molar-refractivity contribution >= 4 is 5.91 Å². The third-order valence-corrected chi connectivity index (χ3v) is 3.55. The zero-order chi connectivity index (χ0) is 16.7. The second-order valence-electron chi connectivity index (χ2n) is 5.37. The summed E-state index contributed by atoms with van der Waals surface area (Å²) in [6.45, 7) is 4.45. The van der Waals surface area contributed by atoms with Gasteiger partial charge >= 0.3 is 0 Å². The van der Waals surface area contributed by atoms with Gasteiger partial charge in [0.05, 0.1) is 7.11 Å². The molecule has 0 aliphatic rings. The van der Waals surface area contributed by atoms with Gasteiger partial charge in [-0.25, -0.2) is 0 Å². The third kappa shape index (κ3) is 4.74. The van der Waals surface area contributed by atoms with Crippen LogP contribution in [0.2, 0.25) is 0 Å². The molecule has 4 nitrogen and oxygen atoms in total. The zero-order valence-corrected chi connectivity index (χ0v) is 13.8. The number of benzene rings is 2. The summed E-state index contributed by atoms with van der Waals surface area (Å²) >= 11 is 0. The summed E-state index contributed by atoms with van der Waals surface area (Å²) in [5.74, 6) is 1.07. The molecule has 122 valence electrons. The number of carbonyl (C=O) groups is 1. The number of hydrogen-bond acceptors (Lipinski definition) is 3. The fraction of sp³-hybridized carbons (Fsp3) is 0.316. The number of amides is 1. The molecule has 2 rings (SSSR count). The molecule has 0 aliphatic carbocycles. The van der Waals surface area contributed by atoms with Crippen LogP contribution < -0.4 is 14.8 Å². The maximum absolute atomic E-state index is 12.4. The number of methoxy groups -OCH3 is 1. The molecular weight excluding hydrogens is 290 g/mol. The first-order valence-corrected chi connectivity index (χ1v) is 7.77. The van der Waals surface area contributed by atoms with Gasteiger partial charge in [-0.15, -0.1) is 0 Å². The first-order valence-electron chi connectivity index (χ1n) is 7.77. The van der Waals surface area contributed by atoms with Crippen LogP contribution in [-0.2, 0) is 11.3 Å². The number of nitrogens with one attached hydrogen (secondary N) is 1. The van der Waals surface area contributed by atoms with E-state index in [0.29, 0.717) is 24.5 Å². The van der Waals surface area contributed by atoms with Crippen LogP contribution >= 0.6 is 0 Å². The van der Waals surface area contributed by atoms with Crippen molar-refractivity contribution in [1.29, 1.82) is 0 Å². The predicted molar refractivity (Wildman–Crippen MR) is 90.7 cm³/mol. The van der Waals surface area contributed by atoms with Crippen LogP contribution in [0, 0.1) is 6.92 Å². The van der Waals surface area contributed by atoms with Crippen molar-refractivity contribution < 1.29 is 14.3 Å². The Kier molecular flexibility index (Phi) is 6.03. The van der Waals surface area contributed by atoms with E-state index in [2.05, 4.69) is 11.4 Å². The zero-order valence-electron chi connectivity index (χ0n) is 13.8. The molecule has 0 aliphatic heterocycles. The van der Waals surface area contributed by atoms with Crippen LogP contribution in [0.4, 0.5) is 0 Å². The number of para-hydroxylation sites is 2. The molecule has 1 unspecified atom stereocenters. The molecular formula is C19H23NO3. The van der Waals surface area contributed by atoms with Crippen LogP contribution in [0.1, 0.15) is 24.5 Å². The fourth-order valence-electron chi connectivity index (χ4n) is 2.32. The topological polar surface area (TPSA) is 47.6 Å². The molecule has 0 saturated carbocycles. The van der Waals surface area contributed by atoms with E-state index in [4.69, 9.17) is 9.47 Å². The number of ether oxygens (including phenoxy) is 2. The molecule has 0 fully saturated rings. The van der Waals surface area contributed by atoms with Crippen LogP contribution in [0.3, 0.4) is 0 Å². The lowest BCUT2D eigenvalue weighted by molar-refractivity contribution is -0.128. The van der Waals surface area contributed by atoms with E-state index in [1.807, 2.05) is 50.2 Å². The van der Waals surface area contributed by atoms with Crippen LogP contribution in [0.25, 0.3) is 0 Å².